The van der Waals surface area contributed by atoms with Gasteiger partial charge in [-0.15, -0.1) is 10.2 Å². The van der Waals surface area contributed by atoms with Gasteiger partial charge in [-0.25, -0.2) is 0 Å². The fourth-order valence-corrected chi connectivity index (χ4v) is 2.19. The predicted octanol–water partition coefficient (Wildman–Crippen LogP) is 0.646. The maximum absolute atomic E-state index is 4.15. The highest BCUT2D eigenvalue weighted by molar-refractivity contribution is 7.15. The zero-order valence-corrected chi connectivity index (χ0v) is 8.60. The summed E-state index contributed by atoms with van der Waals surface area (Å²) in [7, 11) is 0. The van der Waals surface area contributed by atoms with Crippen LogP contribution in [0.4, 0.5) is 5.13 Å². The van der Waals surface area contributed by atoms with Crippen LogP contribution in [0.2, 0.25) is 0 Å². The molecule has 0 atom stereocenters. The van der Waals surface area contributed by atoms with Crippen molar-refractivity contribution < 1.29 is 0 Å². The van der Waals surface area contributed by atoms with E-state index in [0.29, 0.717) is 0 Å². The first-order chi connectivity index (χ1) is 6.36. The minimum atomic E-state index is 1.05. The van der Waals surface area contributed by atoms with Gasteiger partial charge in [-0.05, 0) is 19.9 Å². The molecule has 0 aliphatic carbocycles. The summed E-state index contributed by atoms with van der Waals surface area (Å²) in [6, 6.07) is 0. The Morgan fingerprint density at radius 3 is 3.00 bits per heavy atom. The fraction of sp³-hybridized carbons (Fsp3) is 0.750. The van der Waals surface area contributed by atoms with Crippen molar-refractivity contribution >= 4 is 16.5 Å². The molecule has 0 bridgehead atoms. The molecule has 1 fully saturated rings. The Morgan fingerprint density at radius 2 is 2.23 bits per heavy atom. The molecule has 0 unspecified atom stereocenters. The highest BCUT2D eigenvalue weighted by Gasteiger charge is 2.12. The van der Waals surface area contributed by atoms with E-state index in [-0.39, 0.29) is 0 Å². The number of rotatable bonds is 1. The first kappa shape index (κ1) is 8.90. The molecule has 1 aromatic rings. The van der Waals surface area contributed by atoms with E-state index in [4.69, 9.17) is 0 Å². The van der Waals surface area contributed by atoms with Gasteiger partial charge in [0.1, 0.15) is 5.01 Å². The van der Waals surface area contributed by atoms with Gasteiger partial charge in [0.25, 0.3) is 0 Å². The number of hydrogen-bond donors (Lipinski definition) is 1. The molecule has 1 N–H and O–H groups in total. The Balaban J connectivity index is 2.06. The average Bonchev–Trinajstić information content (AvgIpc) is 2.43. The lowest BCUT2D eigenvalue weighted by molar-refractivity contribution is 0.724. The highest BCUT2D eigenvalue weighted by atomic mass is 32.1. The summed E-state index contributed by atoms with van der Waals surface area (Å²) in [5.74, 6) is 0. The van der Waals surface area contributed by atoms with Crippen LogP contribution in [-0.4, -0.2) is 36.4 Å². The molecule has 1 aliphatic heterocycles. The van der Waals surface area contributed by atoms with E-state index in [9.17, 15) is 0 Å². The second kappa shape index (κ2) is 4.02. The standard InChI is InChI=1S/C8H14N4S/c1-7-10-11-8(13-7)12-5-2-3-9-4-6-12/h9H,2-6H2,1H3. The summed E-state index contributed by atoms with van der Waals surface area (Å²) in [6.45, 7) is 6.32. The summed E-state index contributed by atoms with van der Waals surface area (Å²) in [5, 5.41) is 13.7. The van der Waals surface area contributed by atoms with Crippen LogP contribution in [0.25, 0.3) is 0 Å². The lowest BCUT2D eigenvalue weighted by Crippen LogP contribution is -2.27. The maximum atomic E-state index is 4.15. The van der Waals surface area contributed by atoms with Gasteiger partial charge >= 0.3 is 0 Å². The number of anilines is 1. The normalized spacial score (nSPS) is 18.7. The zero-order chi connectivity index (χ0) is 9.10. The Hall–Kier alpha value is -0.680. The number of hydrogen-bond acceptors (Lipinski definition) is 5. The zero-order valence-electron chi connectivity index (χ0n) is 7.79. The molecule has 2 rings (SSSR count). The van der Waals surface area contributed by atoms with Crippen molar-refractivity contribution in [3.8, 4) is 0 Å². The van der Waals surface area contributed by atoms with Gasteiger partial charge in [0.15, 0.2) is 0 Å². The monoisotopic (exact) mass is 198 g/mol. The molecule has 1 aromatic heterocycles. The number of nitrogens with zero attached hydrogens (tertiary/aromatic N) is 3. The number of aromatic nitrogens is 2. The topological polar surface area (TPSA) is 41.1 Å². The molecule has 1 saturated heterocycles. The van der Waals surface area contributed by atoms with Crippen molar-refractivity contribution in [3.63, 3.8) is 0 Å². The molecule has 4 nitrogen and oxygen atoms in total. The van der Waals surface area contributed by atoms with Gasteiger partial charge in [0, 0.05) is 19.6 Å². The van der Waals surface area contributed by atoms with Crippen molar-refractivity contribution in [3.05, 3.63) is 5.01 Å². The first-order valence-electron chi connectivity index (χ1n) is 4.62. The van der Waals surface area contributed by atoms with Crippen LogP contribution in [0, 0.1) is 6.92 Å². The first-order valence-corrected chi connectivity index (χ1v) is 5.44. The van der Waals surface area contributed by atoms with Crippen LogP contribution >= 0.6 is 11.3 Å². The molecule has 0 amide bonds. The molecule has 0 spiro atoms. The third kappa shape index (κ3) is 2.16. The quantitative estimate of drug-likeness (QED) is 0.719. The largest absolute Gasteiger partial charge is 0.345 e. The minimum absolute atomic E-state index is 1.05. The van der Waals surface area contributed by atoms with E-state index < -0.39 is 0 Å². The molecular formula is C8H14N4S. The molecule has 2 heterocycles. The Labute approximate surface area is 82.0 Å². The lowest BCUT2D eigenvalue weighted by Gasteiger charge is -2.17. The van der Waals surface area contributed by atoms with Gasteiger partial charge in [0.2, 0.25) is 5.13 Å². The van der Waals surface area contributed by atoms with Crippen molar-refractivity contribution in [2.24, 2.45) is 0 Å². The van der Waals surface area contributed by atoms with Crippen LogP contribution in [0.5, 0.6) is 0 Å². The summed E-state index contributed by atoms with van der Waals surface area (Å²) in [6.07, 6.45) is 1.19. The van der Waals surface area contributed by atoms with E-state index in [1.165, 1.54) is 6.42 Å². The van der Waals surface area contributed by atoms with E-state index in [1.54, 1.807) is 11.3 Å². The highest BCUT2D eigenvalue weighted by Crippen LogP contribution is 2.19. The van der Waals surface area contributed by atoms with Gasteiger partial charge in [-0.1, -0.05) is 11.3 Å². The molecule has 0 aromatic carbocycles. The van der Waals surface area contributed by atoms with Crippen molar-refractivity contribution in [2.75, 3.05) is 31.1 Å². The summed E-state index contributed by atoms with van der Waals surface area (Å²) < 4.78 is 0. The molecule has 0 saturated carbocycles. The third-order valence-electron chi connectivity index (χ3n) is 2.13. The van der Waals surface area contributed by atoms with Crippen molar-refractivity contribution in [2.45, 2.75) is 13.3 Å². The summed E-state index contributed by atoms with van der Waals surface area (Å²) >= 11 is 1.68. The van der Waals surface area contributed by atoms with Gasteiger partial charge < -0.3 is 10.2 Å². The summed E-state index contributed by atoms with van der Waals surface area (Å²) in [5.41, 5.74) is 0. The third-order valence-corrected chi connectivity index (χ3v) is 3.03. The Bertz CT molecular complexity index is 265. The predicted molar refractivity (Wildman–Crippen MR) is 54.3 cm³/mol. The molecule has 1 aliphatic rings. The van der Waals surface area contributed by atoms with E-state index in [0.717, 1.165) is 36.3 Å². The van der Waals surface area contributed by atoms with Crippen LogP contribution in [0.15, 0.2) is 0 Å². The van der Waals surface area contributed by atoms with Gasteiger partial charge in [0.05, 0.1) is 0 Å². The minimum Gasteiger partial charge on any atom is -0.345 e. The average molecular weight is 198 g/mol. The van der Waals surface area contributed by atoms with E-state index in [2.05, 4.69) is 20.4 Å². The maximum Gasteiger partial charge on any atom is 0.208 e. The molecule has 72 valence electrons. The number of aryl methyl sites for hydroxylation is 1. The number of nitrogens with one attached hydrogen (secondary N) is 1. The molecule has 0 radical (unpaired) electrons. The molecule has 5 heteroatoms. The Kier molecular flexibility index (Phi) is 2.75. The van der Waals surface area contributed by atoms with E-state index >= 15 is 0 Å². The van der Waals surface area contributed by atoms with Crippen molar-refractivity contribution in [1.82, 2.24) is 15.5 Å². The van der Waals surface area contributed by atoms with Gasteiger partial charge in [-0.3, -0.25) is 0 Å². The fourth-order valence-electron chi connectivity index (χ4n) is 1.45. The SMILES string of the molecule is Cc1nnc(N2CCCNCC2)s1. The van der Waals surface area contributed by atoms with Crippen LogP contribution in [0.3, 0.4) is 0 Å². The van der Waals surface area contributed by atoms with Crippen LogP contribution in [0.1, 0.15) is 11.4 Å². The second-order valence-electron chi connectivity index (χ2n) is 3.19. The molecule has 13 heavy (non-hydrogen) atoms. The lowest BCUT2D eigenvalue weighted by atomic mass is 10.4. The summed E-state index contributed by atoms with van der Waals surface area (Å²) in [4.78, 5) is 2.31. The smallest absolute Gasteiger partial charge is 0.208 e. The second-order valence-corrected chi connectivity index (χ2v) is 4.35. The van der Waals surface area contributed by atoms with Crippen LogP contribution in [-0.2, 0) is 0 Å². The molecular weight excluding hydrogens is 184 g/mol. The van der Waals surface area contributed by atoms with Crippen LogP contribution < -0.4 is 10.2 Å². The van der Waals surface area contributed by atoms with Crippen molar-refractivity contribution in [1.29, 1.82) is 0 Å². The van der Waals surface area contributed by atoms with Gasteiger partial charge in [-0.2, -0.15) is 0 Å². The Morgan fingerprint density at radius 1 is 1.31 bits per heavy atom. The van der Waals surface area contributed by atoms with E-state index in [1.807, 2.05) is 6.92 Å².